The van der Waals surface area contributed by atoms with Gasteiger partial charge in [-0.15, -0.1) is 0 Å². The predicted octanol–water partition coefficient (Wildman–Crippen LogP) is 2.96. The van der Waals surface area contributed by atoms with Crippen molar-refractivity contribution in [2.24, 2.45) is 0 Å². The van der Waals surface area contributed by atoms with E-state index in [1.165, 1.54) is 25.8 Å². The molecule has 1 aliphatic heterocycles. The molecule has 2 aromatic rings. The van der Waals surface area contributed by atoms with Crippen molar-refractivity contribution in [2.75, 3.05) is 24.5 Å². The van der Waals surface area contributed by atoms with Crippen molar-refractivity contribution in [3.63, 3.8) is 0 Å². The van der Waals surface area contributed by atoms with Crippen LogP contribution in [0.25, 0.3) is 0 Å². The standard InChI is InChI=1S/C19H23F2N3O/c1-19(25,16-6-5-15(20)10-17(16)21)13-22-11-14-4-7-18(23-12-14)24-8-2-3-9-24/h4-7,10,12,22,25H,2-3,8-9,11,13H2,1H3. The summed E-state index contributed by atoms with van der Waals surface area (Å²) in [5.41, 5.74) is -0.372. The number of hydrogen-bond donors (Lipinski definition) is 2. The fraction of sp³-hybridized carbons (Fsp3) is 0.421. The fourth-order valence-corrected chi connectivity index (χ4v) is 3.13. The smallest absolute Gasteiger partial charge is 0.132 e. The Bertz CT molecular complexity index is 713. The van der Waals surface area contributed by atoms with Crippen molar-refractivity contribution in [3.05, 3.63) is 59.3 Å². The van der Waals surface area contributed by atoms with Gasteiger partial charge in [0.05, 0.1) is 0 Å². The maximum absolute atomic E-state index is 13.8. The molecule has 4 nitrogen and oxygen atoms in total. The molecular formula is C19H23F2N3O. The van der Waals surface area contributed by atoms with Gasteiger partial charge in [0.25, 0.3) is 0 Å². The Balaban J connectivity index is 1.56. The van der Waals surface area contributed by atoms with E-state index in [1.807, 2.05) is 18.3 Å². The molecular weight excluding hydrogens is 324 g/mol. The second-order valence-electron chi connectivity index (χ2n) is 6.72. The van der Waals surface area contributed by atoms with Crippen LogP contribution in [0.3, 0.4) is 0 Å². The van der Waals surface area contributed by atoms with Gasteiger partial charge in [-0.3, -0.25) is 0 Å². The quantitative estimate of drug-likeness (QED) is 0.843. The summed E-state index contributed by atoms with van der Waals surface area (Å²) in [6, 6.07) is 7.21. The molecule has 134 valence electrons. The number of nitrogens with one attached hydrogen (secondary N) is 1. The third-order valence-electron chi connectivity index (χ3n) is 4.55. The van der Waals surface area contributed by atoms with Crippen LogP contribution in [0.15, 0.2) is 36.5 Å². The minimum Gasteiger partial charge on any atom is -0.384 e. The number of pyridine rings is 1. The SMILES string of the molecule is CC(O)(CNCc1ccc(N2CCCC2)nc1)c1ccc(F)cc1F. The van der Waals surface area contributed by atoms with E-state index in [0.717, 1.165) is 36.6 Å². The molecule has 1 aromatic carbocycles. The Morgan fingerprint density at radius 3 is 2.60 bits per heavy atom. The van der Waals surface area contributed by atoms with E-state index in [2.05, 4.69) is 15.2 Å². The van der Waals surface area contributed by atoms with Crippen molar-refractivity contribution >= 4 is 5.82 Å². The van der Waals surface area contributed by atoms with E-state index in [-0.39, 0.29) is 12.1 Å². The highest BCUT2D eigenvalue weighted by Crippen LogP contribution is 2.23. The molecule has 1 aromatic heterocycles. The van der Waals surface area contributed by atoms with Crippen molar-refractivity contribution in [1.82, 2.24) is 10.3 Å². The van der Waals surface area contributed by atoms with Gasteiger partial charge in [0.15, 0.2) is 0 Å². The van der Waals surface area contributed by atoms with Gasteiger partial charge in [-0.2, -0.15) is 0 Å². The van der Waals surface area contributed by atoms with Crippen LogP contribution in [0.4, 0.5) is 14.6 Å². The van der Waals surface area contributed by atoms with Crippen molar-refractivity contribution in [2.45, 2.75) is 31.9 Å². The van der Waals surface area contributed by atoms with Gasteiger partial charge in [0.1, 0.15) is 23.1 Å². The lowest BCUT2D eigenvalue weighted by Gasteiger charge is -2.25. The number of benzene rings is 1. The lowest BCUT2D eigenvalue weighted by Crippen LogP contribution is -2.36. The summed E-state index contributed by atoms with van der Waals surface area (Å²) in [6.45, 7) is 4.26. The number of rotatable bonds is 6. The van der Waals surface area contributed by atoms with Crippen molar-refractivity contribution in [3.8, 4) is 0 Å². The predicted molar refractivity (Wildman–Crippen MR) is 93.3 cm³/mol. The Hall–Kier alpha value is -2.05. The first-order valence-corrected chi connectivity index (χ1v) is 8.54. The first-order valence-electron chi connectivity index (χ1n) is 8.54. The van der Waals surface area contributed by atoms with E-state index < -0.39 is 17.2 Å². The second kappa shape index (κ2) is 7.45. The summed E-state index contributed by atoms with van der Waals surface area (Å²) in [6.07, 6.45) is 4.23. The van der Waals surface area contributed by atoms with Crippen LogP contribution in [-0.4, -0.2) is 29.7 Å². The first kappa shape index (κ1) is 17.8. The Kier molecular flexibility index (Phi) is 5.30. The molecule has 1 atom stereocenters. The van der Waals surface area contributed by atoms with Crippen LogP contribution in [0.5, 0.6) is 0 Å². The lowest BCUT2D eigenvalue weighted by molar-refractivity contribution is 0.0528. The second-order valence-corrected chi connectivity index (χ2v) is 6.72. The maximum atomic E-state index is 13.8. The Labute approximate surface area is 146 Å². The summed E-state index contributed by atoms with van der Waals surface area (Å²) in [5, 5.41) is 13.6. The van der Waals surface area contributed by atoms with Gasteiger partial charge in [-0.1, -0.05) is 12.1 Å². The zero-order chi connectivity index (χ0) is 17.9. The lowest BCUT2D eigenvalue weighted by atomic mass is 9.95. The number of hydrogen-bond acceptors (Lipinski definition) is 4. The summed E-state index contributed by atoms with van der Waals surface area (Å²) in [4.78, 5) is 6.74. The van der Waals surface area contributed by atoms with Gasteiger partial charge in [-0.25, -0.2) is 13.8 Å². The van der Waals surface area contributed by atoms with Crippen LogP contribution < -0.4 is 10.2 Å². The maximum Gasteiger partial charge on any atom is 0.132 e. The first-order chi connectivity index (χ1) is 12.0. The number of anilines is 1. The summed E-state index contributed by atoms with van der Waals surface area (Å²) < 4.78 is 26.9. The number of nitrogens with zero attached hydrogens (tertiary/aromatic N) is 2. The number of halogens is 2. The zero-order valence-corrected chi connectivity index (χ0v) is 14.3. The summed E-state index contributed by atoms with van der Waals surface area (Å²) >= 11 is 0. The Morgan fingerprint density at radius 1 is 1.20 bits per heavy atom. The Morgan fingerprint density at radius 2 is 1.96 bits per heavy atom. The molecule has 2 N–H and O–H groups in total. The van der Waals surface area contributed by atoms with Crippen LogP contribution in [0, 0.1) is 11.6 Å². The molecule has 1 unspecified atom stereocenters. The number of aromatic nitrogens is 1. The van der Waals surface area contributed by atoms with E-state index in [4.69, 9.17) is 0 Å². The molecule has 2 heterocycles. The largest absolute Gasteiger partial charge is 0.384 e. The van der Waals surface area contributed by atoms with Gasteiger partial charge in [0, 0.05) is 44.0 Å². The molecule has 6 heteroatoms. The molecule has 3 rings (SSSR count). The molecule has 1 saturated heterocycles. The van der Waals surface area contributed by atoms with Gasteiger partial charge < -0.3 is 15.3 Å². The topological polar surface area (TPSA) is 48.4 Å². The van der Waals surface area contributed by atoms with Crippen molar-refractivity contribution in [1.29, 1.82) is 0 Å². The highest BCUT2D eigenvalue weighted by atomic mass is 19.1. The van der Waals surface area contributed by atoms with Crippen LogP contribution in [0.1, 0.15) is 30.9 Å². The third kappa shape index (κ3) is 4.32. The molecule has 1 aliphatic rings. The van der Waals surface area contributed by atoms with Gasteiger partial charge in [-0.05, 0) is 37.5 Å². The van der Waals surface area contributed by atoms with E-state index in [9.17, 15) is 13.9 Å². The van der Waals surface area contributed by atoms with Gasteiger partial charge in [0.2, 0.25) is 0 Å². The molecule has 0 bridgehead atoms. The average Bonchev–Trinajstić information content (AvgIpc) is 3.09. The molecule has 0 radical (unpaired) electrons. The van der Waals surface area contributed by atoms with Crippen LogP contribution in [0.2, 0.25) is 0 Å². The highest BCUT2D eigenvalue weighted by Gasteiger charge is 2.26. The van der Waals surface area contributed by atoms with Crippen LogP contribution >= 0.6 is 0 Å². The minimum absolute atomic E-state index is 0.0731. The highest BCUT2D eigenvalue weighted by molar-refractivity contribution is 5.40. The summed E-state index contributed by atoms with van der Waals surface area (Å²) in [7, 11) is 0. The van der Waals surface area contributed by atoms with Crippen molar-refractivity contribution < 1.29 is 13.9 Å². The average molecular weight is 347 g/mol. The third-order valence-corrected chi connectivity index (χ3v) is 4.55. The van der Waals surface area contributed by atoms with Crippen LogP contribution in [-0.2, 0) is 12.1 Å². The molecule has 0 spiro atoms. The molecule has 0 saturated carbocycles. The molecule has 1 fully saturated rings. The normalized spacial score (nSPS) is 16.9. The fourth-order valence-electron chi connectivity index (χ4n) is 3.13. The molecule has 25 heavy (non-hydrogen) atoms. The van der Waals surface area contributed by atoms with E-state index in [1.54, 1.807) is 0 Å². The molecule has 0 aliphatic carbocycles. The number of aliphatic hydroxyl groups is 1. The summed E-state index contributed by atoms with van der Waals surface area (Å²) in [5.74, 6) is -0.417. The van der Waals surface area contributed by atoms with E-state index >= 15 is 0 Å². The van der Waals surface area contributed by atoms with Gasteiger partial charge >= 0.3 is 0 Å². The minimum atomic E-state index is -1.43. The molecule has 0 amide bonds. The van der Waals surface area contributed by atoms with E-state index in [0.29, 0.717) is 6.54 Å². The monoisotopic (exact) mass is 347 g/mol. The zero-order valence-electron chi connectivity index (χ0n) is 14.3.